The van der Waals surface area contributed by atoms with E-state index in [-0.39, 0.29) is 10.9 Å². The van der Waals surface area contributed by atoms with Crippen molar-refractivity contribution in [1.29, 1.82) is 0 Å². The van der Waals surface area contributed by atoms with Crippen LogP contribution in [-0.2, 0) is 4.79 Å². The number of aromatic nitrogens is 2. The average molecular weight is 343 g/mol. The molecule has 2 N–H and O–H groups in total. The summed E-state index contributed by atoms with van der Waals surface area (Å²) in [7, 11) is 0. The van der Waals surface area contributed by atoms with E-state index in [4.69, 9.17) is 11.6 Å². The Morgan fingerprint density at radius 1 is 1.17 bits per heavy atom. The van der Waals surface area contributed by atoms with Gasteiger partial charge < -0.3 is 10.6 Å². The summed E-state index contributed by atoms with van der Waals surface area (Å²) in [6.45, 7) is 3.42. The van der Waals surface area contributed by atoms with Crippen molar-refractivity contribution in [3.05, 3.63) is 66.2 Å². The lowest BCUT2D eigenvalue weighted by Gasteiger charge is -2.10. The van der Waals surface area contributed by atoms with E-state index in [1.165, 1.54) is 24.5 Å². The van der Waals surface area contributed by atoms with Gasteiger partial charge in [0, 0.05) is 16.8 Å². The van der Waals surface area contributed by atoms with Crippen LogP contribution in [0.1, 0.15) is 0 Å². The Kier molecular flexibility index (Phi) is 4.39. The minimum Gasteiger partial charge on any atom is -0.340 e. The number of nitrogens with one attached hydrogen (secondary N) is 2. The monoisotopic (exact) mass is 342 g/mol. The zero-order valence-electron chi connectivity index (χ0n) is 12.4. The number of benzene rings is 2. The summed E-state index contributed by atoms with van der Waals surface area (Å²) in [4.78, 5) is 19.8. The second kappa shape index (κ2) is 6.64. The van der Waals surface area contributed by atoms with Crippen LogP contribution < -0.4 is 10.6 Å². The van der Waals surface area contributed by atoms with E-state index in [2.05, 4.69) is 27.2 Å². The summed E-state index contributed by atoms with van der Waals surface area (Å²) < 4.78 is 13.3. The van der Waals surface area contributed by atoms with Crippen molar-refractivity contribution in [3.8, 4) is 0 Å². The van der Waals surface area contributed by atoms with Crippen molar-refractivity contribution < 1.29 is 9.18 Å². The molecule has 1 amide bonds. The number of anilines is 3. The molecule has 0 saturated heterocycles. The van der Waals surface area contributed by atoms with Crippen LogP contribution in [0.3, 0.4) is 0 Å². The highest BCUT2D eigenvalue weighted by Gasteiger charge is 2.08. The molecule has 0 unspecified atom stereocenters. The van der Waals surface area contributed by atoms with E-state index in [1.54, 1.807) is 24.3 Å². The van der Waals surface area contributed by atoms with Gasteiger partial charge in [-0.25, -0.2) is 14.4 Å². The van der Waals surface area contributed by atoms with E-state index in [0.29, 0.717) is 28.1 Å². The first kappa shape index (κ1) is 15.9. The predicted octanol–water partition coefficient (Wildman–Crippen LogP) is 4.29. The third-order valence-electron chi connectivity index (χ3n) is 3.27. The zero-order chi connectivity index (χ0) is 17.1. The number of nitrogens with zero attached hydrogens (tertiary/aromatic N) is 2. The van der Waals surface area contributed by atoms with Gasteiger partial charge in [-0.15, -0.1) is 0 Å². The molecule has 3 rings (SSSR count). The fraction of sp³-hybridized carbons (Fsp3) is 0. The van der Waals surface area contributed by atoms with Gasteiger partial charge in [0.2, 0.25) is 5.91 Å². The first-order valence-electron chi connectivity index (χ1n) is 6.97. The molecular weight excluding hydrogens is 331 g/mol. The van der Waals surface area contributed by atoms with Crippen LogP contribution in [-0.4, -0.2) is 15.9 Å². The smallest absolute Gasteiger partial charge is 0.247 e. The number of carbonyl (C=O) groups is 1. The van der Waals surface area contributed by atoms with Gasteiger partial charge >= 0.3 is 0 Å². The quantitative estimate of drug-likeness (QED) is 0.694. The molecule has 24 heavy (non-hydrogen) atoms. The van der Waals surface area contributed by atoms with Crippen molar-refractivity contribution in [1.82, 2.24) is 9.97 Å². The van der Waals surface area contributed by atoms with Gasteiger partial charge in [0.15, 0.2) is 0 Å². The Morgan fingerprint density at radius 3 is 2.71 bits per heavy atom. The lowest BCUT2D eigenvalue weighted by atomic mass is 10.2. The maximum absolute atomic E-state index is 13.3. The Morgan fingerprint density at radius 2 is 1.96 bits per heavy atom. The number of fused-ring (bicyclic) bond motifs is 1. The number of hydrogen-bond donors (Lipinski definition) is 2. The molecule has 0 bridgehead atoms. The van der Waals surface area contributed by atoms with Gasteiger partial charge in [-0.1, -0.05) is 18.2 Å². The van der Waals surface area contributed by atoms with Crippen LogP contribution in [0.5, 0.6) is 0 Å². The Balaban J connectivity index is 1.99. The minimum absolute atomic E-state index is 0.0114. The maximum Gasteiger partial charge on any atom is 0.247 e. The van der Waals surface area contributed by atoms with Gasteiger partial charge in [0.25, 0.3) is 0 Å². The topological polar surface area (TPSA) is 66.9 Å². The van der Waals surface area contributed by atoms with E-state index in [9.17, 15) is 9.18 Å². The average Bonchev–Trinajstić information content (AvgIpc) is 2.58. The second-order valence-electron chi connectivity index (χ2n) is 4.90. The molecule has 0 spiro atoms. The molecule has 7 heteroatoms. The molecule has 0 aliphatic rings. The standard InChI is InChI=1S/C17H12ClFN4O/c1-2-16(24)22-10-4-6-15-12(7-10)17(21-9-20-15)23-11-3-5-14(19)13(18)8-11/h2-9H,1H2,(H,22,24)(H,20,21,23). The SMILES string of the molecule is C=CC(=O)Nc1ccc2ncnc(Nc3ccc(F)c(Cl)c3)c2c1. The largest absolute Gasteiger partial charge is 0.340 e. The summed E-state index contributed by atoms with van der Waals surface area (Å²) in [5.41, 5.74) is 1.86. The first-order chi connectivity index (χ1) is 11.6. The highest BCUT2D eigenvalue weighted by Crippen LogP contribution is 2.27. The number of hydrogen-bond acceptors (Lipinski definition) is 4. The molecule has 120 valence electrons. The molecule has 0 fully saturated rings. The number of amides is 1. The van der Waals surface area contributed by atoms with E-state index >= 15 is 0 Å². The molecule has 1 aromatic heterocycles. The molecule has 1 heterocycles. The zero-order valence-corrected chi connectivity index (χ0v) is 13.1. The third kappa shape index (κ3) is 3.33. The minimum atomic E-state index is -0.496. The van der Waals surface area contributed by atoms with E-state index in [0.717, 1.165) is 0 Å². The molecule has 0 radical (unpaired) electrons. The fourth-order valence-electron chi connectivity index (χ4n) is 2.14. The van der Waals surface area contributed by atoms with Crippen molar-refractivity contribution in [2.45, 2.75) is 0 Å². The van der Waals surface area contributed by atoms with Crippen LogP contribution >= 0.6 is 11.6 Å². The summed E-state index contributed by atoms with van der Waals surface area (Å²) in [6.07, 6.45) is 2.60. The molecule has 0 aliphatic heterocycles. The van der Waals surface area contributed by atoms with Crippen molar-refractivity contribution >= 4 is 45.6 Å². The summed E-state index contributed by atoms with van der Waals surface area (Å²) in [5, 5.41) is 6.46. The first-order valence-corrected chi connectivity index (χ1v) is 7.35. The third-order valence-corrected chi connectivity index (χ3v) is 3.56. The summed E-state index contributed by atoms with van der Waals surface area (Å²) in [5.74, 6) is -0.299. The number of halogens is 2. The normalized spacial score (nSPS) is 10.4. The van der Waals surface area contributed by atoms with Gasteiger partial charge in [-0.2, -0.15) is 0 Å². The van der Waals surface area contributed by atoms with E-state index < -0.39 is 5.82 Å². The Bertz CT molecular complexity index is 945. The second-order valence-corrected chi connectivity index (χ2v) is 5.31. The molecule has 5 nitrogen and oxygen atoms in total. The predicted molar refractivity (Wildman–Crippen MR) is 93.1 cm³/mol. The molecular formula is C17H12ClFN4O. The number of rotatable bonds is 4. The van der Waals surface area contributed by atoms with Crippen molar-refractivity contribution in [2.24, 2.45) is 0 Å². The Hall–Kier alpha value is -2.99. The van der Waals surface area contributed by atoms with Gasteiger partial charge in [0.05, 0.1) is 10.5 Å². The molecule has 3 aromatic rings. The summed E-state index contributed by atoms with van der Waals surface area (Å²) in [6, 6.07) is 9.52. The molecule has 0 atom stereocenters. The lowest BCUT2D eigenvalue weighted by molar-refractivity contribution is -0.111. The van der Waals surface area contributed by atoms with Crippen LogP contribution in [0.25, 0.3) is 10.9 Å². The van der Waals surface area contributed by atoms with Crippen molar-refractivity contribution in [2.75, 3.05) is 10.6 Å². The van der Waals surface area contributed by atoms with Gasteiger partial charge in [-0.3, -0.25) is 4.79 Å². The van der Waals surface area contributed by atoms with Crippen LogP contribution in [0.15, 0.2) is 55.4 Å². The summed E-state index contributed by atoms with van der Waals surface area (Å²) >= 11 is 5.79. The number of carbonyl (C=O) groups excluding carboxylic acids is 1. The lowest BCUT2D eigenvalue weighted by Crippen LogP contribution is -2.07. The van der Waals surface area contributed by atoms with Crippen LogP contribution in [0, 0.1) is 5.82 Å². The molecule has 0 saturated carbocycles. The highest BCUT2D eigenvalue weighted by molar-refractivity contribution is 6.31. The van der Waals surface area contributed by atoms with E-state index in [1.807, 2.05) is 0 Å². The van der Waals surface area contributed by atoms with Gasteiger partial charge in [0.1, 0.15) is 18.0 Å². The molecule has 0 aliphatic carbocycles. The van der Waals surface area contributed by atoms with Gasteiger partial charge in [-0.05, 0) is 42.5 Å². The van der Waals surface area contributed by atoms with Crippen LogP contribution in [0.4, 0.5) is 21.6 Å². The molecule has 2 aromatic carbocycles. The maximum atomic E-state index is 13.3. The van der Waals surface area contributed by atoms with Crippen molar-refractivity contribution in [3.63, 3.8) is 0 Å². The van der Waals surface area contributed by atoms with Crippen LogP contribution in [0.2, 0.25) is 5.02 Å². The Labute approximate surface area is 142 Å². The highest BCUT2D eigenvalue weighted by atomic mass is 35.5. The fourth-order valence-corrected chi connectivity index (χ4v) is 2.32.